The quantitative estimate of drug-likeness (QED) is 0.446. The molecule has 168 valence electrons. The highest BCUT2D eigenvalue weighted by molar-refractivity contribution is 7.89. The number of anilines is 1. The average Bonchev–Trinajstić information content (AvgIpc) is 3.25. The summed E-state index contributed by atoms with van der Waals surface area (Å²) in [6, 6.07) is 26.4. The van der Waals surface area contributed by atoms with Crippen LogP contribution in [-0.2, 0) is 27.9 Å². The third-order valence-corrected chi connectivity index (χ3v) is 6.34. The molecular formula is C23H21N5O4S. The predicted octanol–water partition coefficient (Wildman–Crippen LogP) is 3.38. The Morgan fingerprint density at radius 1 is 0.848 bits per heavy atom. The Bertz CT molecular complexity index is 1330. The van der Waals surface area contributed by atoms with Gasteiger partial charge in [-0.25, -0.2) is 4.79 Å². The number of hydrogen-bond donors (Lipinski definition) is 1. The molecule has 10 heteroatoms. The molecule has 0 fully saturated rings. The minimum Gasteiger partial charge on any atom is -0.444 e. The predicted molar refractivity (Wildman–Crippen MR) is 122 cm³/mol. The van der Waals surface area contributed by atoms with Crippen molar-refractivity contribution in [3.8, 4) is 5.69 Å². The van der Waals surface area contributed by atoms with Crippen LogP contribution in [0.2, 0.25) is 0 Å². The fraction of sp³-hybridized carbons (Fsp3) is 0.0870. The van der Waals surface area contributed by atoms with Crippen molar-refractivity contribution in [3.05, 3.63) is 102 Å². The van der Waals surface area contributed by atoms with Crippen molar-refractivity contribution in [1.29, 1.82) is 0 Å². The number of para-hydroxylation sites is 1. The van der Waals surface area contributed by atoms with Gasteiger partial charge in [-0.2, -0.15) is 12.7 Å². The molecule has 3 aromatic carbocycles. The highest BCUT2D eigenvalue weighted by atomic mass is 32.2. The molecule has 2 N–H and O–H groups in total. The van der Waals surface area contributed by atoms with Gasteiger partial charge in [0.05, 0.1) is 12.2 Å². The van der Waals surface area contributed by atoms with Crippen LogP contribution in [0.4, 0.5) is 10.6 Å². The Morgan fingerprint density at radius 3 is 2.00 bits per heavy atom. The van der Waals surface area contributed by atoms with E-state index in [9.17, 15) is 13.2 Å². The lowest BCUT2D eigenvalue weighted by Crippen LogP contribution is -2.37. The van der Waals surface area contributed by atoms with E-state index in [0.717, 1.165) is 10.4 Å². The number of ether oxygens (including phenoxy) is 1. The monoisotopic (exact) mass is 463 g/mol. The van der Waals surface area contributed by atoms with Gasteiger partial charge in [-0.05, 0) is 23.3 Å². The summed E-state index contributed by atoms with van der Waals surface area (Å²) in [5.41, 5.74) is 7.74. The fourth-order valence-corrected chi connectivity index (χ4v) is 4.32. The molecule has 1 aromatic heterocycles. The van der Waals surface area contributed by atoms with E-state index in [-0.39, 0.29) is 19.0 Å². The third-order valence-electron chi connectivity index (χ3n) is 4.71. The van der Waals surface area contributed by atoms with Crippen LogP contribution >= 0.6 is 0 Å². The molecule has 4 aromatic rings. The van der Waals surface area contributed by atoms with Gasteiger partial charge in [-0.3, -0.25) is 0 Å². The summed E-state index contributed by atoms with van der Waals surface area (Å²) in [5, 5.41) is 7.54. The molecule has 0 spiro atoms. The second-order valence-electron chi connectivity index (χ2n) is 7.05. The first-order valence-corrected chi connectivity index (χ1v) is 11.4. The maximum atomic E-state index is 13.5. The second-order valence-corrected chi connectivity index (χ2v) is 8.83. The Hall–Kier alpha value is -4.18. The van der Waals surface area contributed by atoms with Gasteiger partial charge in [0.2, 0.25) is 5.03 Å². The molecule has 0 unspecified atom stereocenters. The van der Waals surface area contributed by atoms with Crippen LogP contribution in [0, 0.1) is 0 Å². The topological polar surface area (TPSA) is 120 Å². The minimum atomic E-state index is -4.48. The third kappa shape index (κ3) is 5.01. The Balaban J connectivity index is 1.66. The first-order valence-electron chi connectivity index (χ1n) is 10.0. The van der Waals surface area contributed by atoms with Crippen molar-refractivity contribution >= 4 is 21.9 Å². The van der Waals surface area contributed by atoms with E-state index >= 15 is 0 Å². The van der Waals surface area contributed by atoms with Crippen LogP contribution in [0.15, 0.2) is 96.0 Å². The molecule has 0 radical (unpaired) electrons. The second kappa shape index (κ2) is 9.53. The van der Waals surface area contributed by atoms with E-state index in [2.05, 4.69) is 10.2 Å². The van der Waals surface area contributed by atoms with E-state index in [4.69, 9.17) is 10.5 Å². The Kier molecular flexibility index (Phi) is 6.36. The minimum absolute atomic E-state index is 0.0906. The summed E-state index contributed by atoms with van der Waals surface area (Å²) in [6.07, 6.45) is -1.05. The Labute approximate surface area is 191 Å². The number of nitrogen functional groups attached to an aromatic ring is 1. The van der Waals surface area contributed by atoms with Crippen LogP contribution in [0.1, 0.15) is 11.1 Å². The standard InChI is InChI=1S/C23H21N5O4S/c24-21-22(26-28(25-21)20-14-8-3-9-15-20)33(30,31)27(16-18-10-4-1-5-11-18)23(29)32-17-19-12-6-2-7-13-19/h1-15H,16-17H2,(H2,24,25). The summed E-state index contributed by atoms with van der Waals surface area (Å²) in [4.78, 5) is 14.1. The number of carbonyl (C=O) groups is 1. The summed E-state index contributed by atoms with van der Waals surface area (Å²) < 4.78 is 32.9. The molecule has 0 saturated heterocycles. The van der Waals surface area contributed by atoms with E-state index in [1.165, 1.54) is 0 Å². The smallest absolute Gasteiger partial charge is 0.424 e. The molecule has 33 heavy (non-hydrogen) atoms. The van der Waals surface area contributed by atoms with Gasteiger partial charge >= 0.3 is 6.09 Å². The van der Waals surface area contributed by atoms with Gasteiger partial charge in [-0.15, -0.1) is 15.0 Å². The van der Waals surface area contributed by atoms with Crippen molar-refractivity contribution in [2.75, 3.05) is 5.73 Å². The van der Waals surface area contributed by atoms with Crippen molar-refractivity contribution in [2.45, 2.75) is 18.2 Å². The average molecular weight is 464 g/mol. The van der Waals surface area contributed by atoms with Crippen molar-refractivity contribution in [1.82, 2.24) is 19.3 Å². The summed E-state index contributed by atoms with van der Waals surface area (Å²) in [7, 11) is -4.48. The summed E-state index contributed by atoms with van der Waals surface area (Å²) in [5.74, 6) is -0.326. The molecule has 4 rings (SSSR count). The summed E-state index contributed by atoms with van der Waals surface area (Å²) in [6.45, 7) is -0.346. The number of rotatable bonds is 7. The molecular weight excluding hydrogens is 442 g/mol. The van der Waals surface area contributed by atoms with E-state index < -0.39 is 21.1 Å². The largest absolute Gasteiger partial charge is 0.444 e. The van der Waals surface area contributed by atoms with Crippen molar-refractivity contribution in [3.63, 3.8) is 0 Å². The zero-order valence-corrected chi connectivity index (χ0v) is 18.3. The fourth-order valence-electron chi connectivity index (χ4n) is 3.06. The van der Waals surface area contributed by atoms with Crippen LogP contribution in [0.3, 0.4) is 0 Å². The highest BCUT2D eigenvalue weighted by Gasteiger charge is 2.36. The zero-order chi connectivity index (χ0) is 23.3. The SMILES string of the molecule is Nc1nn(-c2ccccc2)nc1S(=O)(=O)N(Cc1ccccc1)C(=O)OCc1ccccc1. The number of hydrogen-bond acceptors (Lipinski definition) is 7. The maximum absolute atomic E-state index is 13.5. The van der Waals surface area contributed by atoms with Gasteiger partial charge in [0.15, 0.2) is 5.82 Å². The van der Waals surface area contributed by atoms with E-state index in [0.29, 0.717) is 15.6 Å². The molecule has 1 heterocycles. The Morgan fingerprint density at radius 2 is 1.39 bits per heavy atom. The number of nitrogens with zero attached hydrogens (tertiary/aromatic N) is 4. The lowest BCUT2D eigenvalue weighted by Gasteiger charge is -2.21. The number of nitrogens with two attached hydrogens (primary N) is 1. The molecule has 0 aliphatic heterocycles. The molecule has 0 saturated carbocycles. The van der Waals surface area contributed by atoms with Gasteiger partial charge in [-0.1, -0.05) is 78.9 Å². The molecule has 0 bridgehead atoms. The van der Waals surface area contributed by atoms with Crippen molar-refractivity contribution < 1.29 is 17.9 Å². The van der Waals surface area contributed by atoms with E-state index in [1.54, 1.807) is 84.9 Å². The van der Waals surface area contributed by atoms with Crippen molar-refractivity contribution in [2.24, 2.45) is 0 Å². The van der Waals surface area contributed by atoms with Crippen LogP contribution in [0.5, 0.6) is 0 Å². The molecule has 0 aliphatic carbocycles. The molecule has 0 aliphatic rings. The van der Waals surface area contributed by atoms with Gasteiger partial charge in [0, 0.05) is 0 Å². The maximum Gasteiger partial charge on any atom is 0.424 e. The number of sulfonamides is 1. The van der Waals surface area contributed by atoms with Gasteiger partial charge in [0.1, 0.15) is 6.61 Å². The number of aromatic nitrogens is 3. The lowest BCUT2D eigenvalue weighted by molar-refractivity contribution is 0.117. The lowest BCUT2D eigenvalue weighted by atomic mass is 10.2. The number of carbonyl (C=O) groups excluding carboxylic acids is 1. The van der Waals surface area contributed by atoms with E-state index in [1.807, 2.05) is 6.07 Å². The number of amides is 1. The zero-order valence-electron chi connectivity index (χ0n) is 17.5. The highest BCUT2D eigenvalue weighted by Crippen LogP contribution is 2.23. The normalized spacial score (nSPS) is 11.2. The van der Waals surface area contributed by atoms with Crippen LogP contribution in [0.25, 0.3) is 5.69 Å². The molecule has 0 atom stereocenters. The first-order chi connectivity index (χ1) is 15.9. The van der Waals surface area contributed by atoms with Gasteiger partial charge < -0.3 is 10.5 Å². The first kappa shape index (κ1) is 22.0. The molecule has 9 nitrogen and oxygen atoms in total. The molecule has 1 amide bonds. The van der Waals surface area contributed by atoms with Crippen LogP contribution < -0.4 is 5.73 Å². The summed E-state index contributed by atoms with van der Waals surface area (Å²) >= 11 is 0. The number of benzene rings is 3. The van der Waals surface area contributed by atoms with Crippen LogP contribution in [-0.4, -0.2) is 33.8 Å². The van der Waals surface area contributed by atoms with Gasteiger partial charge in [0.25, 0.3) is 10.0 Å².